The molecule has 3 N–H and O–H groups in total. The SMILES string of the molecule is Cl.Fc1ccc(C2CC2)cc1F.N. The molecule has 1 aromatic rings. The molecule has 4 heteroatoms. The van der Waals surface area contributed by atoms with Crippen molar-refractivity contribution in [1.29, 1.82) is 0 Å². The fourth-order valence-corrected chi connectivity index (χ4v) is 1.18. The summed E-state index contributed by atoms with van der Waals surface area (Å²) in [6.45, 7) is 0. The van der Waals surface area contributed by atoms with Crippen LogP contribution < -0.4 is 6.15 Å². The second-order valence-corrected chi connectivity index (χ2v) is 2.95. The fourth-order valence-electron chi connectivity index (χ4n) is 1.18. The van der Waals surface area contributed by atoms with Crippen molar-refractivity contribution in [2.75, 3.05) is 0 Å². The Hall–Kier alpha value is -0.670. The second kappa shape index (κ2) is 4.53. The summed E-state index contributed by atoms with van der Waals surface area (Å²) in [4.78, 5) is 0. The molecule has 0 aliphatic heterocycles. The second-order valence-electron chi connectivity index (χ2n) is 2.95. The molecule has 0 saturated heterocycles. The number of hydrogen-bond acceptors (Lipinski definition) is 1. The highest BCUT2D eigenvalue weighted by atomic mass is 35.5. The molecule has 2 rings (SSSR count). The van der Waals surface area contributed by atoms with E-state index < -0.39 is 11.6 Å². The molecule has 0 amide bonds. The van der Waals surface area contributed by atoms with E-state index in [1.54, 1.807) is 6.07 Å². The molecule has 1 saturated carbocycles. The van der Waals surface area contributed by atoms with Crippen molar-refractivity contribution in [2.45, 2.75) is 18.8 Å². The molecule has 0 heterocycles. The maximum absolute atomic E-state index is 12.6. The van der Waals surface area contributed by atoms with Gasteiger partial charge in [0, 0.05) is 0 Å². The zero-order valence-corrected chi connectivity index (χ0v) is 7.91. The van der Waals surface area contributed by atoms with Gasteiger partial charge in [0.25, 0.3) is 0 Å². The van der Waals surface area contributed by atoms with E-state index in [4.69, 9.17) is 0 Å². The summed E-state index contributed by atoms with van der Waals surface area (Å²) in [5, 5.41) is 0. The van der Waals surface area contributed by atoms with Crippen molar-refractivity contribution < 1.29 is 8.78 Å². The van der Waals surface area contributed by atoms with Crippen LogP contribution in [0.1, 0.15) is 24.3 Å². The summed E-state index contributed by atoms with van der Waals surface area (Å²) in [5.41, 5.74) is 0.934. The van der Waals surface area contributed by atoms with Gasteiger partial charge in [-0.05, 0) is 36.5 Å². The van der Waals surface area contributed by atoms with Crippen LogP contribution in [0.3, 0.4) is 0 Å². The molecule has 0 radical (unpaired) electrons. The average molecular weight is 208 g/mol. The Balaban J connectivity index is 0.000000720. The molecule has 1 fully saturated rings. The summed E-state index contributed by atoms with van der Waals surface area (Å²) in [6.07, 6.45) is 2.23. The standard InChI is InChI=1S/C9H8F2.ClH.H3N/c10-8-4-3-7(5-9(8)11)6-1-2-6;;/h3-6H,1-2H2;1H;1H3. The van der Waals surface area contributed by atoms with E-state index in [9.17, 15) is 8.78 Å². The van der Waals surface area contributed by atoms with Gasteiger partial charge in [-0.15, -0.1) is 12.4 Å². The summed E-state index contributed by atoms with van der Waals surface area (Å²) in [6, 6.07) is 4.16. The highest BCUT2D eigenvalue weighted by Crippen LogP contribution is 2.40. The van der Waals surface area contributed by atoms with Gasteiger partial charge in [0.05, 0.1) is 0 Å². The fraction of sp³-hybridized carbons (Fsp3) is 0.333. The largest absolute Gasteiger partial charge is 0.344 e. The minimum atomic E-state index is -0.755. The highest BCUT2D eigenvalue weighted by Gasteiger charge is 2.24. The molecule has 1 aromatic carbocycles. The van der Waals surface area contributed by atoms with Crippen molar-refractivity contribution >= 4 is 12.4 Å². The zero-order chi connectivity index (χ0) is 7.84. The van der Waals surface area contributed by atoms with Gasteiger partial charge in [-0.2, -0.15) is 0 Å². The van der Waals surface area contributed by atoms with E-state index >= 15 is 0 Å². The maximum Gasteiger partial charge on any atom is 0.159 e. The van der Waals surface area contributed by atoms with Crippen LogP contribution in [0.25, 0.3) is 0 Å². The van der Waals surface area contributed by atoms with E-state index in [0.717, 1.165) is 18.4 Å². The summed E-state index contributed by atoms with van der Waals surface area (Å²) in [7, 11) is 0. The molecule has 1 aliphatic rings. The van der Waals surface area contributed by atoms with Crippen LogP contribution in [-0.4, -0.2) is 0 Å². The predicted octanol–water partition coefficient (Wildman–Crippen LogP) is 3.43. The Kier molecular flexibility index (Phi) is 4.30. The third-order valence-electron chi connectivity index (χ3n) is 1.99. The van der Waals surface area contributed by atoms with Crippen LogP contribution in [-0.2, 0) is 0 Å². The normalized spacial score (nSPS) is 14.3. The average Bonchev–Trinajstić information content (AvgIpc) is 2.77. The molecule has 0 atom stereocenters. The Morgan fingerprint density at radius 1 is 1.08 bits per heavy atom. The summed E-state index contributed by atoms with van der Waals surface area (Å²) in [5.74, 6) is -0.992. The quantitative estimate of drug-likeness (QED) is 0.753. The van der Waals surface area contributed by atoms with Gasteiger partial charge in [0.2, 0.25) is 0 Å². The Morgan fingerprint density at radius 2 is 1.69 bits per heavy atom. The number of hydrogen-bond donors (Lipinski definition) is 1. The lowest BCUT2D eigenvalue weighted by molar-refractivity contribution is 0.507. The minimum Gasteiger partial charge on any atom is -0.344 e. The third kappa shape index (κ3) is 2.64. The van der Waals surface area contributed by atoms with Crippen molar-refractivity contribution in [3.8, 4) is 0 Å². The maximum atomic E-state index is 12.6. The van der Waals surface area contributed by atoms with Gasteiger partial charge in [-0.25, -0.2) is 8.78 Å². The van der Waals surface area contributed by atoms with Crippen LogP contribution in [0, 0.1) is 11.6 Å². The van der Waals surface area contributed by atoms with Gasteiger partial charge in [-0.1, -0.05) is 6.07 Å². The Labute approximate surface area is 82.1 Å². The van der Waals surface area contributed by atoms with Gasteiger partial charge >= 0.3 is 0 Å². The molecule has 74 valence electrons. The molecule has 0 spiro atoms. The van der Waals surface area contributed by atoms with E-state index in [-0.39, 0.29) is 18.6 Å². The zero-order valence-electron chi connectivity index (χ0n) is 7.09. The summed E-state index contributed by atoms with van der Waals surface area (Å²) < 4.78 is 25.0. The molecule has 0 unspecified atom stereocenters. The molecule has 1 nitrogen and oxygen atoms in total. The molecule has 0 bridgehead atoms. The van der Waals surface area contributed by atoms with Gasteiger partial charge in [0.1, 0.15) is 0 Å². The van der Waals surface area contributed by atoms with Gasteiger partial charge in [0.15, 0.2) is 11.6 Å². The molecular weight excluding hydrogens is 196 g/mol. The van der Waals surface area contributed by atoms with E-state index in [1.165, 1.54) is 12.1 Å². The van der Waals surface area contributed by atoms with Crippen LogP contribution in [0.4, 0.5) is 8.78 Å². The molecule has 0 aromatic heterocycles. The molecule has 1 aliphatic carbocycles. The van der Waals surface area contributed by atoms with Crippen molar-refractivity contribution in [2.24, 2.45) is 0 Å². The predicted molar refractivity (Wildman–Crippen MR) is 50.6 cm³/mol. The monoisotopic (exact) mass is 207 g/mol. The minimum absolute atomic E-state index is 0. The van der Waals surface area contributed by atoms with E-state index in [2.05, 4.69) is 0 Å². The third-order valence-corrected chi connectivity index (χ3v) is 1.99. The highest BCUT2D eigenvalue weighted by molar-refractivity contribution is 5.85. The molecular formula is C9H12ClF2N. The van der Waals surface area contributed by atoms with Gasteiger partial charge < -0.3 is 6.15 Å². The topological polar surface area (TPSA) is 35.0 Å². The summed E-state index contributed by atoms with van der Waals surface area (Å²) >= 11 is 0. The first-order valence-electron chi connectivity index (χ1n) is 3.72. The Bertz CT molecular complexity index is 287. The number of halogens is 3. The lowest BCUT2D eigenvalue weighted by Crippen LogP contribution is -1.86. The number of benzene rings is 1. The van der Waals surface area contributed by atoms with Crippen LogP contribution in [0.15, 0.2) is 18.2 Å². The lowest BCUT2D eigenvalue weighted by atomic mass is 10.1. The lowest BCUT2D eigenvalue weighted by Gasteiger charge is -1.97. The van der Waals surface area contributed by atoms with Crippen molar-refractivity contribution in [3.63, 3.8) is 0 Å². The van der Waals surface area contributed by atoms with Crippen molar-refractivity contribution in [1.82, 2.24) is 6.15 Å². The van der Waals surface area contributed by atoms with Crippen LogP contribution >= 0.6 is 12.4 Å². The van der Waals surface area contributed by atoms with Gasteiger partial charge in [-0.3, -0.25) is 0 Å². The van der Waals surface area contributed by atoms with Crippen LogP contribution in [0.5, 0.6) is 0 Å². The van der Waals surface area contributed by atoms with Crippen LogP contribution in [0.2, 0.25) is 0 Å². The molecule has 13 heavy (non-hydrogen) atoms. The first-order chi connectivity index (χ1) is 5.27. The van der Waals surface area contributed by atoms with E-state index in [1.807, 2.05) is 0 Å². The number of rotatable bonds is 1. The van der Waals surface area contributed by atoms with E-state index in [0.29, 0.717) is 5.92 Å². The Morgan fingerprint density at radius 3 is 2.15 bits per heavy atom. The van der Waals surface area contributed by atoms with Crippen molar-refractivity contribution in [3.05, 3.63) is 35.4 Å². The first kappa shape index (κ1) is 12.3. The smallest absolute Gasteiger partial charge is 0.159 e. The first-order valence-corrected chi connectivity index (χ1v) is 3.72.